The number of halogens is 5. The van der Waals surface area contributed by atoms with Crippen LogP contribution in [0, 0.1) is 29.1 Å². The van der Waals surface area contributed by atoms with Crippen LogP contribution in [0.15, 0.2) is 24.3 Å². The van der Waals surface area contributed by atoms with Gasteiger partial charge in [0.25, 0.3) is 0 Å². The maximum absolute atomic E-state index is 13.9. The molecule has 26 heavy (non-hydrogen) atoms. The predicted octanol–water partition coefficient (Wildman–Crippen LogP) is 3.53. The summed E-state index contributed by atoms with van der Waals surface area (Å²) in [6.07, 6.45) is 0. The second-order valence-electron chi connectivity index (χ2n) is 5.15. The first-order chi connectivity index (χ1) is 12.3. The van der Waals surface area contributed by atoms with E-state index in [0.29, 0.717) is 5.56 Å². The van der Waals surface area contributed by atoms with Gasteiger partial charge in [-0.25, -0.2) is 22.0 Å². The molecule has 0 spiro atoms. The fraction of sp³-hybridized carbons (Fsp3) is 0.294. The van der Waals surface area contributed by atoms with E-state index in [9.17, 15) is 22.0 Å². The van der Waals surface area contributed by atoms with Crippen molar-refractivity contribution in [2.45, 2.75) is 19.8 Å². The van der Waals surface area contributed by atoms with Gasteiger partial charge in [0.1, 0.15) is 0 Å². The van der Waals surface area contributed by atoms with E-state index in [-0.39, 0.29) is 29.3 Å². The second kappa shape index (κ2) is 8.25. The highest BCUT2D eigenvalue weighted by Gasteiger charge is 2.34. The summed E-state index contributed by atoms with van der Waals surface area (Å²) in [6, 6.07) is 5.19. The van der Waals surface area contributed by atoms with E-state index in [2.05, 4.69) is 0 Å². The highest BCUT2D eigenvalue weighted by Crippen LogP contribution is 2.34. The van der Waals surface area contributed by atoms with Crippen molar-refractivity contribution in [2.75, 3.05) is 13.2 Å². The topological polar surface area (TPSA) is 27.7 Å². The Labute approximate surface area is 150 Å². The monoisotopic (exact) mass is 392 g/mol. The molecular formula is C17H17F5O3Si. The number of rotatable bonds is 7. The van der Waals surface area contributed by atoms with E-state index < -0.39 is 40.6 Å². The Morgan fingerprint density at radius 1 is 0.769 bits per heavy atom. The summed E-state index contributed by atoms with van der Waals surface area (Å²) in [6.45, 7) is 4.00. The summed E-state index contributed by atoms with van der Waals surface area (Å²) >= 11 is 0. The fourth-order valence-electron chi connectivity index (χ4n) is 2.52. The van der Waals surface area contributed by atoms with Gasteiger partial charge in [-0.05, 0) is 19.4 Å². The predicted molar refractivity (Wildman–Crippen MR) is 87.6 cm³/mol. The van der Waals surface area contributed by atoms with Crippen molar-refractivity contribution in [3.05, 3.63) is 58.9 Å². The van der Waals surface area contributed by atoms with Crippen molar-refractivity contribution >= 4 is 10.5 Å². The molecule has 0 fully saturated rings. The van der Waals surface area contributed by atoms with Crippen molar-refractivity contribution in [1.82, 2.24) is 0 Å². The molecule has 2 rings (SSSR count). The normalized spacial score (nSPS) is 12.0. The molecule has 0 aliphatic rings. The van der Waals surface area contributed by atoms with Crippen molar-refractivity contribution in [1.29, 1.82) is 0 Å². The van der Waals surface area contributed by atoms with Crippen molar-refractivity contribution in [2.24, 2.45) is 0 Å². The van der Waals surface area contributed by atoms with E-state index >= 15 is 0 Å². The first-order valence-electron chi connectivity index (χ1n) is 7.78. The van der Waals surface area contributed by atoms with Gasteiger partial charge in [-0.2, -0.15) is 0 Å². The molecule has 0 amide bonds. The lowest BCUT2D eigenvalue weighted by Crippen LogP contribution is -2.35. The van der Waals surface area contributed by atoms with Gasteiger partial charge in [-0.15, -0.1) is 0 Å². The zero-order chi connectivity index (χ0) is 19.5. The van der Waals surface area contributed by atoms with Gasteiger partial charge in [-0.3, -0.25) is 0 Å². The Kier molecular flexibility index (Phi) is 6.51. The molecule has 3 nitrogen and oxygen atoms in total. The minimum absolute atomic E-state index is 0.184. The first-order valence-corrected chi connectivity index (χ1v) is 8.59. The molecule has 142 valence electrons. The Morgan fingerprint density at radius 2 is 1.19 bits per heavy atom. The maximum atomic E-state index is 13.9. The van der Waals surface area contributed by atoms with Crippen molar-refractivity contribution in [3.63, 3.8) is 0 Å². The zero-order valence-corrected chi connectivity index (χ0v) is 16.3. The molecule has 0 saturated heterocycles. The van der Waals surface area contributed by atoms with Crippen LogP contribution in [0.5, 0.6) is 0 Å². The van der Waals surface area contributed by atoms with E-state index in [0.717, 1.165) is 0 Å². The van der Waals surface area contributed by atoms with Crippen LogP contribution in [0.25, 0.3) is 11.1 Å². The third kappa shape index (κ3) is 3.52. The molecule has 0 radical (unpaired) electrons. The minimum atomic E-state index is -2.20. The maximum Gasteiger partial charge on any atom is 0.301 e. The summed E-state index contributed by atoms with van der Waals surface area (Å²) < 4.78 is 84.3. The second-order valence-corrected chi connectivity index (χ2v) is 5.56. The molecule has 0 aliphatic heterocycles. The minimum Gasteiger partial charge on any atom is -0.376 e. The largest absolute Gasteiger partial charge is 0.376 e. The molecule has 0 unspecified atom stereocenters. The van der Waals surface area contributed by atoms with Crippen molar-refractivity contribution in [3.8, 4) is 11.1 Å². The van der Waals surface area contributed by atoms with Crippen LogP contribution in [0.2, 0.25) is 0 Å². The quantitative estimate of drug-likeness (QED) is 0.237. The third-order valence-corrected chi connectivity index (χ3v) is 4.21. The molecule has 0 aliphatic carbocycles. The van der Waals surface area contributed by atoms with Gasteiger partial charge in [0.05, 0.1) is 5.56 Å². The Morgan fingerprint density at radius 3 is 1.58 bits per heavy atom. The molecule has 2 aromatic carbocycles. The Hall–Kier alpha value is -1.81. The lowest BCUT2D eigenvalue weighted by molar-refractivity contribution is -0.352. The standard InChI is InChI=1S/C17H17F5O3Si/c1-3-23-17(25-26,24-4-2)10-7-5-9(6-8-10)11-12(18)14(20)16(22)15(21)13(11)19/h5-8H,3-4H2,1-2,26H3. The molecule has 9 heteroatoms. The number of hydrogen-bond acceptors (Lipinski definition) is 3. The summed E-state index contributed by atoms with van der Waals surface area (Å²) in [7, 11) is 0.266. The summed E-state index contributed by atoms with van der Waals surface area (Å²) in [4.78, 5) is 0. The molecular weight excluding hydrogens is 375 g/mol. The van der Waals surface area contributed by atoms with E-state index in [4.69, 9.17) is 13.9 Å². The van der Waals surface area contributed by atoms with Crippen molar-refractivity contribution < 1.29 is 35.9 Å². The van der Waals surface area contributed by atoms with Crippen LogP contribution in [0.1, 0.15) is 19.4 Å². The van der Waals surface area contributed by atoms with E-state index in [1.165, 1.54) is 24.3 Å². The molecule has 0 heterocycles. The molecule has 0 atom stereocenters. The first kappa shape index (κ1) is 20.5. The van der Waals surface area contributed by atoms with Crippen LogP contribution >= 0.6 is 0 Å². The summed E-state index contributed by atoms with van der Waals surface area (Å²) in [5.41, 5.74) is -0.793. The average Bonchev–Trinajstić information content (AvgIpc) is 2.65. The highest BCUT2D eigenvalue weighted by atomic mass is 28.2. The molecule has 0 saturated carbocycles. The molecule has 2 aromatic rings. The fourth-order valence-corrected chi connectivity index (χ4v) is 2.99. The van der Waals surface area contributed by atoms with E-state index in [1.807, 2.05) is 0 Å². The van der Waals surface area contributed by atoms with Crippen LogP contribution in [-0.4, -0.2) is 23.7 Å². The highest BCUT2D eigenvalue weighted by molar-refractivity contribution is 5.98. The van der Waals surface area contributed by atoms with Gasteiger partial charge >= 0.3 is 5.97 Å². The van der Waals surface area contributed by atoms with Crippen LogP contribution in [0.3, 0.4) is 0 Å². The van der Waals surface area contributed by atoms with Gasteiger partial charge < -0.3 is 13.9 Å². The SMILES string of the molecule is CCOC(O[SiH3])(OCC)c1ccc(-c2c(F)c(F)c(F)c(F)c2F)cc1. The zero-order valence-electron chi connectivity index (χ0n) is 14.3. The summed E-state index contributed by atoms with van der Waals surface area (Å²) in [5.74, 6) is -11.5. The molecule has 0 aromatic heterocycles. The number of benzene rings is 2. The number of hydrogen-bond donors (Lipinski definition) is 0. The van der Waals surface area contributed by atoms with Crippen LogP contribution in [0.4, 0.5) is 22.0 Å². The number of ether oxygens (including phenoxy) is 2. The average molecular weight is 392 g/mol. The van der Waals surface area contributed by atoms with E-state index in [1.54, 1.807) is 13.8 Å². The van der Waals surface area contributed by atoms with Crippen LogP contribution < -0.4 is 0 Å². The van der Waals surface area contributed by atoms with Gasteiger partial charge in [-0.1, -0.05) is 24.3 Å². The molecule has 0 bridgehead atoms. The van der Waals surface area contributed by atoms with Crippen LogP contribution in [-0.2, 0) is 19.9 Å². The van der Waals surface area contributed by atoms with Gasteiger partial charge in [0.2, 0.25) is 5.82 Å². The smallest absolute Gasteiger partial charge is 0.301 e. The van der Waals surface area contributed by atoms with Gasteiger partial charge in [0.15, 0.2) is 33.8 Å². The molecule has 0 N–H and O–H groups in total. The lowest BCUT2D eigenvalue weighted by atomic mass is 10.0. The van der Waals surface area contributed by atoms with Gasteiger partial charge in [0, 0.05) is 18.8 Å². The Bertz CT molecular complexity index is 748. The lowest BCUT2D eigenvalue weighted by Gasteiger charge is -2.32. The Balaban J connectivity index is 2.54. The summed E-state index contributed by atoms with van der Waals surface area (Å²) in [5, 5.41) is 0. The third-order valence-electron chi connectivity index (χ3n) is 3.67.